The van der Waals surface area contributed by atoms with Crippen LogP contribution in [0.5, 0.6) is 0 Å². The van der Waals surface area contributed by atoms with Gasteiger partial charge in [-0.05, 0) is 47.9 Å². The highest BCUT2D eigenvalue weighted by Crippen LogP contribution is 2.38. The highest BCUT2D eigenvalue weighted by Gasteiger charge is 2.26. The van der Waals surface area contributed by atoms with Gasteiger partial charge in [0.2, 0.25) is 5.91 Å². The number of hydrogen-bond acceptors (Lipinski definition) is 4. The highest BCUT2D eigenvalue weighted by molar-refractivity contribution is 6.04. The van der Waals surface area contributed by atoms with Crippen LogP contribution in [0, 0.1) is 17.6 Å². The Morgan fingerprint density at radius 1 is 0.974 bits per heavy atom. The Hall–Kier alpha value is -3.72. The fraction of sp³-hybridized carbons (Fsp3) is 0.400. The van der Waals surface area contributed by atoms with Crippen molar-refractivity contribution in [1.29, 1.82) is 0 Å². The molecule has 1 fully saturated rings. The zero-order chi connectivity index (χ0) is 27.8. The molecule has 0 bridgehead atoms. The minimum atomic E-state index is -0.519. The Kier molecular flexibility index (Phi) is 7.44. The van der Waals surface area contributed by atoms with E-state index in [-0.39, 0.29) is 35.5 Å². The lowest BCUT2D eigenvalue weighted by Crippen LogP contribution is -2.43. The van der Waals surface area contributed by atoms with E-state index in [1.165, 1.54) is 11.0 Å². The van der Waals surface area contributed by atoms with Crippen molar-refractivity contribution in [3.8, 4) is 11.1 Å². The average Bonchev–Trinajstić information content (AvgIpc) is 3.39. The smallest absolute Gasteiger partial charge is 0.269 e. The number of halogens is 2. The number of amides is 2. The molecule has 2 aliphatic rings. The van der Waals surface area contributed by atoms with Crippen molar-refractivity contribution in [3.63, 3.8) is 0 Å². The van der Waals surface area contributed by atoms with E-state index in [0.29, 0.717) is 40.6 Å². The normalized spacial score (nSPS) is 16.1. The lowest BCUT2D eigenvalue weighted by Gasteiger charge is -2.30. The molecule has 3 aromatic rings. The van der Waals surface area contributed by atoms with Gasteiger partial charge in [-0.25, -0.2) is 8.78 Å². The van der Waals surface area contributed by atoms with Gasteiger partial charge >= 0.3 is 0 Å². The van der Waals surface area contributed by atoms with Gasteiger partial charge < -0.3 is 25.0 Å². The van der Waals surface area contributed by atoms with E-state index in [4.69, 9.17) is 0 Å². The third-order valence-corrected chi connectivity index (χ3v) is 7.52. The SMILES string of the molecule is CC(C)C(=O)N1CCC=C(c2cc(-c3ccc(N4CCNCC4)cc3F)c3cc(C(=O)N(C)C)[nH]c3c2F)C1. The van der Waals surface area contributed by atoms with Crippen molar-refractivity contribution in [2.45, 2.75) is 20.3 Å². The Bertz CT molecular complexity index is 1450. The summed E-state index contributed by atoms with van der Waals surface area (Å²) >= 11 is 0. The highest BCUT2D eigenvalue weighted by atomic mass is 19.1. The van der Waals surface area contributed by atoms with E-state index in [1.54, 1.807) is 37.2 Å². The first-order valence-corrected chi connectivity index (χ1v) is 13.5. The number of nitrogens with one attached hydrogen (secondary N) is 2. The number of rotatable bonds is 5. The summed E-state index contributed by atoms with van der Waals surface area (Å²) in [6, 6.07) is 8.39. The molecular formula is C30H35F2N5O2. The summed E-state index contributed by atoms with van der Waals surface area (Å²) in [6.07, 6.45) is 2.54. The van der Waals surface area contributed by atoms with Gasteiger partial charge in [0.05, 0.1) is 5.52 Å². The maximum absolute atomic E-state index is 16.1. The van der Waals surface area contributed by atoms with Gasteiger partial charge in [-0.2, -0.15) is 0 Å². The number of aromatic amines is 1. The molecule has 206 valence electrons. The third-order valence-electron chi connectivity index (χ3n) is 7.52. The van der Waals surface area contributed by atoms with Crippen LogP contribution in [0.2, 0.25) is 0 Å². The lowest BCUT2D eigenvalue weighted by atomic mass is 9.92. The Morgan fingerprint density at radius 3 is 2.38 bits per heavy atom. The maximum Gasteiger partial charge on any atom is 0.269 e. The zero-order valence-electron chi connectivity index (χ0n) is 22.9. The van der Waals surface area contributed by atoms with Gasteiger partial charge in [-0.1, -0.05) is 19.9 Å². The van der Waals surface area contributed by atoms with E-state index in [1.807, 2.05) is 26.0 Å². The van der Waals surface area contributed by atoms with Crippen molar-refractivity contribution in [2.24, 2.45) is 5.92 Å². The number of hydrogen-bond donors (Lipinski definition) is 2. The van der Waals surface area contributed by atoms with Crippen molar-refractivity contribution in [3.05, 3.63) is 59.3 Å². The molecule has 9 heteroatoms. The largest absolute Gasteiger partial charge is 0.369 e. The molecule has 39 heavy (non-hydrogen) atoms. The van der Waals surface area contributed by atoms with Crippen LogP contribution in [0.25, 0.3) is 27.6 Å². The number of carbonyl (C=O) groups is 2. The topological polar surface area (TPSA) is 71.7 Å². The number of carbonyl (C=O) groups excluding carboxylic acids is 2. The van der Waals surface area contributed by atoms with E-state index >= 15 is 8.78 Å². The van der Waals surface area contributed by atoms with Crippen LogP contribution >= 0.6 is 0 Å². The van der Waals surface area contributed by atoms with E-state index in [2.05, 4.69) is 15.2 Å². The van der Waals surface area contributed by atoms with Crippen molar-refractivity contribution < 1.29 is 18.4 Å². The van der Waals surface area contributed by atoms with E-state index in [0.717, 1.165) is 31.9 Å². The third kappa shape index (κ3) is 5.15. The number of H-pyrrole nitrogens is 1. The van der Waals surface area contributed by atoms with Gasteiger partial charge in [-0.3, -0.25) is 9.59 Å². The average molecular weight is 536 g/mol. The maximum atomic E-state index is 16.1. The van der Waals surface area contributed by atoms with Gasteiger partial charge in [0.25, 0.3) is 5.91 Å². The van der Waals surface area contributed by atoms with Gasteiger partial charge in [0.1, 0.15) is 11.5 Å². The summed E-state index contributed by atoms with van der Waals surface area (Å²) in [5.41, 5.74) is 2.96. The zero-order valence-corrected chi connectivity index (χ0v) is 22.9. The fourth-order valence-electron chi connectivity index (χ4n) is 5.41. The van der Waals surface area contributed by atoms with Crippen LogP contribution in [-0.4, -0.2) is 80.0 Å². The second-order valence-electron chi connectivity index (χ2n) is 10.8. The molecule has 2 aromatic carbocycles. The fourth-order valence-corrected chi connectivity index (χ4v) is 5.41. The molecule has 0 aliphatic carbocycles. The molecule has 7 nitrogen and oxygen atoms in total. The summed E-state index contributed by atoms with van der Waals surface area (Å²) in [7, 11) is 3.25. The van der Waals surface area contributed by atoms with Crippen LogP contribution in [-0.2, 0) is 4.79 Å². The summed E-state index contributed by atoms with van der Waals surface area (Å²) in [6.45, 7) is 7.79. The summed E-state index contributed by atoms with van der Waals surface area (Å²) in [5.74, 6) is -1.40. The standard InChI is InChI=1S/C30H35F2N5O2/c1-18(2)29(38)37-11-5-6-19(17-37)22-15-23(24-16-26(30(39)35(3)4)34-28(24)27(22)32)21-8-7-20(14-25(21)31)36-12-9-33-10-13-36/h6-8,14-16,18,33-34H,5,9-13,17H2,1-4H3. The van der Waals surface area contributed by atoms with E-state index in [9.17, 15) is 9.59 Å². The van der Waals surface area contributed by atoms with Gasteiger partial charge in [0, 0.05) is 81.5 Å². The predicted molar refractivity (Wildman–Crippen MR) is 151 cm³/mol. The molecular weight excluding hydrogens is 500 g/mol. The molecule has 2 N–H and O–H groups in total. The first-order valence-electron chi connectivity index (χ1n) is 13.5. The first kappa shape index (κ1) is 26.9. The van der Waals surface area contributed by atoms with Gasteiger partial charge in [0.15, 0.2) is 5.82 Å². The molecule has 0 radical (unpaired) electrons. The molecule has 1 aromatic heterocycles. The van der Waals surface area contributed by atoms with Crippen LogP contribution in [0.3, 0.4) is 0 Å². The van der Waals surface area contributed by atoms with Crippen LogP contribution in [0.1, 0.15) is 36.3 Å². The Balaban J connectivity index is 1.64. The van der Waals surface area contributed by atoms with Gasteiger partial charge in [-0.15, -0.1) is 0 Å². The molecule has 0 spiro atoms. The summed E-state index contributed by atoms with van der Waals surface area (Å²) in [5, 5.41) is 3.73. The number of anilines is 1. The molecule has 2 aliphatic heterocycles. The van der Waals surface area contributed by atoms with Crippen molar-refractivity contribution in [1.82, 2.24) is 20.1 Å². The van der Waals surface area contributed by atoms with E-state index < -0.39 is 11.6 Å². The number of benzene rings is 2. The quantitative estimate of drug-likeness (QED) is 0.505. The first-order chi connectivity index (χ1) is 18.7. The molecule has 3 heterocycles. The number of fused-ring (bicyclic) bond motifs is 1. The molecule has 1 saturated heterocycles. The van der Waals surface area contributed by atoms with Crippen LogP contribution in [0.15, 0.2) is 36.4 Å². The molecule has 2 amide bonds. The number of piperazine rings is 1. The molecule has 0 saturated carbocycles. The van der Waals surface area contributed by atoms with Crippen molar-refractivity contribution in [2.75, 3.05) is 58.3 Å². The number of nitrogens with zero attached hydrogens (tertiary/aromatic N) is 3. The Labute approximate surface area is 227 Å². The van der Waals surface area contributed by atoms with Crippen LogP contribution < -0.4 is 10.2 Å². The molecule has 0 atom stereocenters. The second-order valence-corrected chi connectivity index (χ2v) is 10.8. The minimum Gasteiger partial charge on any atom is -0.369 e. The second kappa shape index (κ2) is 10.8. The lowest BCUT2D eigenvalue weighted by molar-refractivity contribution is -0.133. The van der Waals surface area contributed by atoms with Crippen molar-refractivity contribution >= 4 is 34.0 Å². The molecule has 0 unspecified atom stereocenters. The minimum absolute atomic E-state index is 0.00981. The molecule has 5 rings (SSSR count). The predicted octanol–water partition coefficient (Wildman–Crippen LogP) is 4.50. The van der Waals surface area contributed by atoms with Crippen LogP contribution in [0.4, 0.5) is 14.5 Å². The summed E-state index contributed by atoms with van der Waals surface area (Å²) in [4.78, 5) is 33.7. The monoisotopic (exact) mass is 535 g/mol. The summed E-state index contributed by atoms with van der Waals surface area (Å²) < 4.78 is 31.9. The number of aromatic nitrogens is 1. The Morgan fingerprint density at radius 2 is 1.72 bits per heavy atom.